The monoisotopic (exact) mass is 173 g/mol. The molecule has 1 rings (SSSR count). The Kier molecular flexibility index (Phi) is 3.09. The van der Waals surface area contributed by atoms with E-state index in [9.17, 15) is 0 Å². The maximum Gasteiger partial charge on any atom is 0.170 e. The first-order valence-corrected chi connectivity index (χ1v) is 4.45. The lowest BCUT2D eigenvalue weighted by atomic mass is 10.2. The molecule has 0 radical (unpaired) electrons. The number of hydrogen-bond acceptors (Lipinski definition) is 3. The van der Waals surface area contributed by atoms with Gasteiger partial charge in [-0.15, -0.1) is 0 Å². The Morgan fingerprint density at radius 1 is 1.42 bits per heavy atom. The van der Waals surface area contributed by atoms with Crippen molar-refractivity contribution < 1.29 is 9.47 Å². The normalized spacial score (nSPS) is 27.5. The molecular formula is C9H19NO2. The highest BCUT2D eigenvalue weighted by atomic mass is 16.7. The van der Waals surface area contributed by atoms with Gasteiger partial charge in [-0.1, -0.05) is 0 Å². The Labute approximate surface area is 74.6 Å². The molecule has 0 unspecified atom stereocenters. The van der Waals surface area contributed by atoms with E-state index in [4.69, 9.17) is 9.47 Å². The van der Waals surface area contributed by atoms with Crippen LogP contribution in [0, 0.1) is 0 Å². The zero-order valence-electron chi connectivity index (χ0n) is 8.46. The van der Waals surface area contributed by atoms with Crippen LogP contribution < -0.4 is 0 Å². The van der Waals surface area contributed by atoms with Gasteiger partial charge in [-0.05, 0) is 27.8 Å². The van der Waals surface area contributed by atoms with Crippen LogP contribution in [0.3, 0.4) is 0 Å². The highest BCUT2D eigenvalue weighted by molar-refractivity contribution is 4.66. The smallest absolute Gasteiger partial charge is 0.170 e. The van der Waals surface area contributed by atoms with Crippen molar-refractivity contribution in [3.63, 3.8) is 0 Å². The molecule has 0 aromatic heterocycles. The van der Waals surface area contributed by atoms with Gasteiger partial charge in [-0.2, -0.15) is 0 Å². The van der Waals surface area contributed by atoms with Gasteiger partial charge in [0.25, 0.3) is 0 Å². The fourth-order valence-electron chi connectivity index (χ4n) is 1.20. The van der Waals surface area contributed by atoms with E-state index in [1.807, 2.05) is 20.8 Å². The predicted molar refractivity (Wildman–Crippen MR) is 48.1 cm³/mol. The van der Waals surface area contributed by atoms with Gasteiger partial charge < -0.3 is 9.47 Å². The fraction of sp³-hybridized carbons (Fsp3) is 1.00. The predicted octanol–water partition coefficient (Wildman–Crippen LogP) is 1.09. The maximum atomic E-state index is 5.69. The van der Waals surface area contributed by atoms with Crippen LogP contribution in [0.15, 0.2) is 0 Å². The molecule has 0 aromatic rings. The SMILES string of the molecule is CN1CCO[C@@H](OC(C)(C)C)C1. The fourth-order valence-corrected chi connectivity index (χ4v) is 1.20. The number of likely N-dealkylation sites (N-methyl/N-ethyl adjacent to an activating group) is 1. The second kappa shape index (κ2) is 3.73. The first-order valence-electron chi connectivity index (χ1n) is 4.45. The van der Waals surface area contributed by atoms with E-state index in [1.54, 1.807) is 0 Å². The number of nitrogens with zero attached hydrogens (tertiary/aromatic N) is 1. The highest BCUT2D eigenvalue weighted by Crippen LogP contribution is 2.14. The Balaban J connectivity index is 2.32. The molecule has 0 amide bonds. The van der Waals surface area contributed by atoms with Gasteiger partial charge in [0, 0.05) is 13.1 Å². The van der Waals surface area contributed by atoms with Gasteiger partial charge in [-0.25, -0.2) is 0 Å². The lowest BCUT2D eigenvalue weighted by Gasteiger charge is -2.34. The lowest BCUT2D eigenvalue weighted by molar-refractivity contribution is -0.219. The number of hydrogen-bond donors (Lipinski definition) is 0. The molecule has 1 aliphatic rings. The van der Waals surface area contributed by atoms with Crippen molar-refractivity contribution in [1.29, 1.82) is 0 Å². The van der Waals surface area contributed by atoms with E-state index in [0.717, 1.165) is 19.7 Å². The second-order valence-electron chi connectivity index (χ2n) is 4.29. The number of morpholine rings is 1. The van der Waals surface area contributed by atoms with Crippen LogP contribution in [-0.4, -0.2) is 43.5 Å². The molecule has 0 N–H and O–H groups in total. The van der Waals surface area contributed by atoms with Crippen LogP contribution in [0.4, 0.5) is 0 Å². The Bertz CT molecular complexity index is 142. The van der Waals surface area contributed by atoms with Gasteiger partial charge in [0.2, 0.25) is 0 Å². The first-order chi connectivity index (χ1) is 5.47. The summed E-state index contributed by atoms with van der Waals surface area (Å²) in [6, 6.07) is 0. The summed E-state index contributed by atoms with van der Waals surface area (Å²) in [5.41, 5.74) is -0.108. The standard InChI is InChI=1S/C9H19NO2/c1-9(2,3)12-8-7-10(4)5-6-11-8/h8H,5-7H2,1-4H3/t8-/m0/s1. The minimum atomic E-state index is -0.108. The molecule has 1 heterocycles. The van der Waals surface area contributed by atoms with Crippen molar-refractivity contribution >= 4 is 0 Å². The van der Waals surface area contributed by atoms with E-state index in [-0.39, 0.29) is 11.9 Å². The largest absolute Gasteiger partial charge is 0.350 e. The maximum absolute atomic E-state index is 5.69. The summed E-state index contributed by atoms with van der Waals surface area (Å²) in [4.78, 5) is 2.22. The van der Waals surface area contributed by atoms with E-state index in [1.165, 1.54) is 0 Å². The molecule has 0 aromatic carbocycles. The number of ether oxygens (including phenoxy) is 2. The second-order valence-corrected chi connectivity index (χ2v) is 4.29. The van der Waals surface area contributed by atoms with Gasteiger partial charge in [0.1, 0.15) is 0 Å². The zero-order chi connectivity index (χ0) is 9.19. The molecular weight excluding hydrogens is 154 g/mol. The molecule has 3 nitrogen and oxygen atoms in total. The van der Waals surface area contributed by atoms with Crippen LogP contribution in [0.5, 0.6) is 0 Å². The van der Waals surface area contributed by atoms with Gasteiger partial charge in [-0.3, -0.25) is 4.90 Å². The van der Waals surface area contributed by atoms with Crippen LogP contribution in [-0.2, 0) is 9.47 Å². The third-order valence-electron chi connectivity index (χ3n) is 1.72. The zero-order valence-corrected chi connectivity index (χ0v) is 8.46. The molecule has 72 valence electrons. The summed E-state index contributed by atoms with van der Waals surface area (Å²) in [5, 5.41) is 0. The summed E-state index contributed by atoms with van der Waals surface area (Å²) in [5.74, 6) is 0. The molecule has 1 aliphatic heterocycles. The van der Waals surface area contributed by atoms with Crippen LogP contribution in [0.2, 0.25) is 0 Å². The molecule has 0 bridgehead atoms. The summed E-state index contributed by atoms with van der Waals surface area (Å²) < 4.78 is 11.1. The summed E-state index contributed by atoms with van der Waals surface area (Å²) in [7, 11) is 2.08. The van der Waals surface area contributed by atoms with Crippen molar-refractivity contribution in [2.24, 2.45) is 0 Å². The van der Waals surface area contributed by atoms with Gasteiger partial charge in [0.05, 0.1) is 12.2 Å². The molecule has 0 aliphatic carbocycles. The van der Waals surface area contributed by atoms with Crippen molar-refractivity contribution in [2.45, 2.75) is 32.7 Å². The average molecular weight is 173 g/mol. The number of rotatable bonds is 1. The van der Waals surface area contributed by atoms with Crippen LogP contribution >= 0.6 is 0 Å². The van der Waals surface area contributed by atoms with Crippen LogP contribution in [0.25, 0.3) is 0 Å². The van der Waals surface area contributed by atoms with E-state index >= 15 is 0 Å². The van der Waals surface area contributed by atoms with Crippen molar-refractivity contribution in [1.82, 2.24) is 4.90 Å². The quantitative estimate of drug-likeness (QED) is 0.592. The lowest BCUT2D eigenvalue weighted by Crippen LogP contribution is -2.44. The van der Waals surface area contributed by atoms with E-state index < -0.39 is 0 Å². The molecule has 1 atom stereocenters. The molecule has 12 heavy (non-hydrogen) atoms. The topological polar surface area (TPSA) is 21.7 Å². The molecule has 0 spiro atoms. The molecule has 0 saturated carbocycles. The minimum Gasteiger partial charge on any atom is -0.350 e. The molecule has 1 fully saturated rings. The Morgan fingerprint density at radius 3 is 2.58 bits per heavy atom. The van der Waals surface area contributed by atoms with Crippen molar-refractivity contribution in [2.75, 3.05) is 26.7 Å². The average Bonchev–Trinajstić information content (AvgIpc) is 1.82. The van der Waals surface area contributed by atoms with Crippen molar-refractivity contribution in [3.8, 4) is 0 Å². The third-order valence-corrected chi connectivity index (χ3v) is 1.72. The van der Waals surface area contributed by atoms with E-state index in [0.29, 0.717) is 0 Å². The highest BCUT2D eigenvalue weighted by Gasteiger charge is 2.23. The molecule has 1 saturated heterocycles. The molecule has 3 heteroatoms. The van der Waals surface area contributed by atoms with Crippen molar-refractivity contribution in [3.05, 3.63) is 0 Å². The summed E-state index contributed by atoms with van der Waals surface area (Å²) >= 11 is 0. The Hall–Kier alpha value is -0.120. The Morgan fingerprint density at radius 2 is 2.08 bits per heavy atom. The summed E-state index contributed by atoms with van der Waals surface area (Å²) in [6.07, 6.45) is -0.0521. The first kappa shape index (κ1) is 9.96. The minimum absolute atomic E-state index is 0.0521. The summed E-state index contributed by atoms with van der Waals surface area (Å²) in [6.45, 7) is 8.79. The van der Waals surface area contributed by atoms with Gasteiger partial charge >= 0.3 is 0 Å². The third kappa shape index (κ3) is 3.52. The van der Waals surface area contributed by atoms with Gasteiger partial charge in [0.15, 0.2) is 6.29 Å². The van der Waals surface area contributed by atoms with E-state index in [2.05, 4.69) is 11.9 Å². The van der Waals surface area contributed by atoms with Crippen LogP contribution in [0.1, 0.15) is 20.8 Å².